The Morgan fingerprint density at radius 2 is 2.40 bits per heavy atom. The third-order valence-electron chi connectivity index (χ3n) is 3.77. The molecule has 0 aromatic carbocycles. The van der Waals surface area contributed by atoms with E-state index < -0.39 is 5.97 Å². The van der Waals surface area contributed by atoms with Crippen molar-refractivity contribution in [2.45, 2.75) is 38.6 Å². The Labute approximate surface area is 121 Å². The lowest BCUT2D eigenvalue weighted by atomic mass is 10.1. The van der Waals surface area contributed by atoms with Gasteiger partial charge in [0.1, 0.15) is 17.0 Å². The van der Waals surface area contributed by atoms with Crippen molar-refractivity contribution in [2.24, 2.45) is 0 Å². The number of carboxylic acid groups (broad SMARTS) is 1. The Hall–Kier alpha value is -1.69. The molecule has 1 aliphatic rings. The van der Waals surface area contributed by atoms with Gasteiger partial charge in [0.15, 0.2) is 0 Å². The number of hydrogen-bond donors (Lipinski definition) is 1. The minimum Gasteiger partial charge on any atom is -0.481 e. The Morgan fingerprint density at radius 3 is 3.15 bits per heavy atom. The summed E-state index contributed by atoms with van der Waals surface area (Å²) in [4.78, 5) is 24.2. The maximum atomic E-state index is 11.0. The molecule has 3 heterocycles. The number of rotatable bonds is 4. The maximum absolute atomic E-state index is 11.0. The first-order chi connectivity index (χ1) is 9.69. The third-order valence-corrected chi connectivity index (χ3v) is 4.95. The first kappa shape index (κ1) is 13.3. The number of hydrogen-bond acceptors (Lipinski definition) is 5. The second-order valence-corrected chi connectivity index (χ2v) is 6.18. The molecule has 2 aromatic rings. The molecule has 20 heavy (non-hydrogen) atoms. The van der Waals surface area contributed by atoms with Crippen molar-refractivity contribution < 1.29 is 9.90 Å². The molecule has 1 fully saturated rings. The number of aryl methyl sites for hydroxylation is 1. The van der Waals surface area contributed by atoms with E-state index in [-0.39, 0.29) is 12.5 Å². The van der Waals surface area contributed by atoms with E-state index in [9.17, 15) is 4.79 Å². The molecule has 0 saturated carbocycles. The van der Waals surface area contributed by atoms with E-state index >= 15 is 0 Å². The summed E-state index contributed by atoms with van der Waals surface area (Å²) < 4.78 is 0. The van der Waals surface area contributed by atoms with Gasteiger partial charge < -0.3 is 10.0 Å². The van der Waals surface area contributed by atoms with Crippen LogP contribution < -0.4 is 4.90 Å². The van der Waals surface area contributed by atoms with Crippen LogP contribution in [-0.4, -0.2) is 33.6 Å². The molecule has 1 saturated heterocycles. The molecule has 0 spiro atoms. The molecule has 1 atom stereocenters. The summed E-state index contributed by atoms with van der Waals surface area (Å²) in [5.74, 6) is 0.154. The Kier molecular flexibility index (Phi) is 3.56. The average Bonchev–Trinajstić information content (AvgIpc) is 3.03. The largest absolute Gasteiger partial charge is 0.481 e. The number of nitrogens with zero attached hydrogens (tertiary/aromatic N) is 3. The van der Waals surface area contributed by atoms with Gasteiger partial charge >= 0.3 is 5.97 Å². The van der Waals surface area contributed by atoms with Crippen molar-refractivity contribution >= 4 is 33.3 Å². The van der Waals surface area contributed by atoms with Crippen LogP contribution in [0.3, 0.4) is 0 Å². The molecule has 0 amide bonds. The minimum absolute atomic E-state index is 0.0515. The average molecular weight is 291 g/mol. The lowest BCUT2D eigenvalue weighted by molar-refractivity contribution is -0.137. The Bertz CT molecular complexity index is 640. The smallest absolute Gasteiger partial charge is 0.305 e. The first-order valence-corrected chi connectivity index (χ1v) is 7.72. The van der Waals surface area contributed by atoms with Crippen molar-refractivity contribution in [3.8, 4) is 0 Å². The van der Waals surface area contributed by atoms with Gasteiger partial charge in [0.2, 0.25) is 0 Å². The molecule has 0 aliphatic carbocycles. The van der Waals surface area contributed by atoms with Crippen molar-refractivity contribution in [1.82, 2.24) is 9.97 Å². The van der Waals surface area contributed by atoms with Gasteiger partial charge in [-0.2, -0.15) is 0 Å². The molecule has 1 N–H and O–H groups in total. The zero-order chi connectivity index (χ0) is 14.1. The quantitative estimate of drug-likeness (QED) is 0.938. The van der Waals surface area contributed by atoms with E-state index in [0.717, 1.165) is 41.8 Å². The van der Waals surface area contributed by atoms with Gasteiger partial charge in [-0.25, -0.2) is 9.97 Å². The lowest BCUT2D eigenvalue weighted by Crippen LogP contribution is -2.32. The highest BCUT2D eigenvalue weighted by molar-refractivity contribution is 7.18. The highest BCUT2D eigenvalue weighted by Crippen LogP contribution is 2.34. The molecular weight excluding hydrogens is 274 g/mol. The topological polar surface area (TPSA) is 66.3 Å². The van der Waals surface area contributed by atoms with Crippen LogP contribution >= 0.6 is 11.3 Å². The van der Waals surface area contributed by atoms with Crippen molar-refractivity contribution in [3.05, 3.63) is 17.3 Å². The predicted octanol–water partition coefficient (Wildman–Crippen LogP) is 2.70. The van der Waals surface area contributed by atoms with Crippen LogP contribution in [0.5, 0.6) is 0 Å². The number of carboxylic acids is 1. The van der Waals surface area contributed by atoms with E-state index in [1.54, 1.807) is 17.7 Å². The van der Waals surface area contributed by atoms with Gasteiger partial charge in [-0.3, -0.25) is 4.79 Å². The molecule has 0 bridgehead atoms. The summed E-state index contributed by atoms with van der Waals surface area (Å²) in [6.07, 6.45) is 4.69. The van der Waals surface area contributed by atoms with E-state index in [1.807, 2.05) is 0 Å². The highest BCUT2D eigenvalue weighted by atomic mass is 32.1. The second-order valence-electron chi connectivity index (χ2n) is 5.07. The lowest BCUT2D eigenvalue weighted by Gasteiger charge is -2.24. The maximum Gasteiger partial charge on any atom is 0.305 e. The molecular formula is C14H17N3O2S. The van der Waals surface area contributed by atoms with E-state index in [1.165, 1.54) is 4.88 Å². The minimum atomic E-state index is -0.744. The fourth-order valence-corrected chi connectivity index (χ4v) is 3.75. The molecule has 6 heteroatoms. The van der Waals surface area contributed by atoms with Crippen LogP contribution in [0.1, 0.15) is 31.1 Å². The summed E-state index contributed by atoms with van der Waals surface area (Å²) in [7, 11) is 0. The summed E-state index contributed by atoms with van der Waals surface area (Å²) in [6.45, 7) is 3.00. The Morgan fingerprint density at radius 1 is 1.55 bits per heavy atom. The standard InChI is InChI=1S/C14H17N3O2S/c1-2-10-7-11-13(15-8-16-14(11)20-10)17-5-3-4-9(17)6-12(18)19/h7-9H,2-6H2,1H3,(H,18,19). The van der Waals surface area contributed by atoms with Crippen LogP contribution in [0.4, 0.5) is 5.82 Å². The molecule has 2 aromatic heterocycles. The molecule has 1 aliphatic heterocycles. The fraction of sp³-hybridized carbons (Fsp3) is 0.500. The van der Waals surface area contributed by atoms with E-state index in [2.05, 4.69) is 27.9 Å². The second kappa shape index (κ2) is 5.36. The van der Waals surface area contributed by atoms with Crippen molar-refractivity contribution in [3.63, 3.8) is 0 Å². The normalized spacial score (nSPS) is 18.9. The van der Waals surface area contributed by atoms with E-state index in [0.29, 0.717) is 0 Å². The molecule has 106 valence electrons. The van der Waals surface area contributed by atoms with Crippen molar-refractivity contribution in [1.29, 1.82) is 0 Å². The highest BCUT2D eigenvalue weighted by Gasteiger charge is 2.29. The van der Waals surface area contributed by atoms with Gasteiger partial charge in [0, 0.05) is 17.5 Å². The predicted molar refractivity (Wildman–Crippen MR) is 79.4 cm³/mol. The third kappa shape index (κ3) is 2.35. The number of carbonyl (C=O) groups is 1. The summed E-state index contributed by atoms with van der Waals surface area (Å²) in [6, 6.07) is 2.20. The van der Waals surface area contributed by atoms with Crippen LogP contribution in [0, 0.1) is 0 Å². The number of aliphatic carboxylic acids is 1. The molecule has 0 radical (unpaired) electrons. The van der Waals surface area contributed by atoms with Gasteiger partial charge in [-0.05, 0) is 25.3 Å². The molecule has 3 rings (SSSR count). The fourth-order valence-electron chi connectivity index (χ4n) is 2.82. The van der Waals surface area contributed by atoms with Crippen LogP contribution in [0.2, 0.25) is 0 Å². The number of fused-ring (bicyclic) bond motifs is 1. The van der Waals surface area contributed by atoms with Crippen molar-refractivity contribution in [2.75, 3.05) is 11.4 Å². The van der Waals surface area contributed by atoms with Gasteiger partial charge in [-0.1, -0.05) is 6.92 Å². The molecule has 5 nitrogen and oxygen atoms in total. The van der Waals surface area contributed by atoms with Crippen LogP contribution in [0.25, 0.3) is 10.2 Å². The Balaban J connectivity index is 2.00. The zero-order valence-electron chi connectivity index (χ0n) is 11.4. The summed E-state index contributed by atoms with van der Waals surface area (Å²) in [5, 5.41) is 10.1. The first-order valence-electron chi connectivity index (χ1n) is 6.91. The number of aromatic nitrogens is 2. The van der Waals surface area contributed by atoms with Crippen LogP contribution in [0.15, 0.2) is 12.4 Å². The number of thiophene rings is 1. The van der Waals surface area contributed by atoms with E-state index in [4.69, 9.17) is 5.11 Å². The zero-order valence-corrected chi connectivity index (χ0v) is 12.2. The molecule has 1 unspecified atom stereocenters. The van der Waals surface area contributed by atoms with Crippen LogP contribution in [-0.2, 0) is 11.2 Å². The summed E-state index contributed by atoms with van der Waals surface area (Å²) in [5.41, 5.74) is 0. The number of anilines is 1. The monoisotopic (exact) mass is 291 g/mol. The van der Waals surface area contributed by atoms with Gasteiger partial charge in [0.25, 0.3) is 0 Å². The van der Waals surface area contributed by atoms with Gasteiger partial charge in [-0.15, -0.1) is 11.3 Å². The van der Waals surface area contributed by atoms with Gasteiger partial charge in [0.05, 0.1) is 11.8 Å². The summed E-state index contributed by atoms with van der Waals surface area (Å²) >= 11 is 1.69. The SMILES string of the molecule is CCc1cc2c(N3CCCC3CC(=O)O)ncnc2s1.